The van der Waals surface area contributed by atoms with Gasteiger partial charge in [0.2, 0.25) is 0 Å². The molecule has 0 unspecified atom stereocenters. The Kier molecular flexibility index (Phi) is 2.70. The van der Waals surface area contributed by atoms with Gasteiger partial charge < -0.3 is 15.3 Å². The monoisotopic (exact) mass is 190 g/mol. The van der Waals surface area contributed by atoms with E-state index in [9.17, 15) is 0 Å². The van der Waals surface area contributed by atoms with Crippen molar-refractivity contribution >= 4 is 5.69 Å². The van der Waals surface area contributed by atoms with Crippen LogP contribution in [-0.4, -0.2) is 18.2 Å². The van der Waals surface area contributed by atoms with Crippen molar-refractivity contribution < 1.29 is 5.11 Å². The van der Waals surface area contributed by atoms with Crippen LogP contribution in [0.5, 0.6) is 0 Å². The van der Waals surface area contributed by atoms with Gasteiger partial charge in [-0.1, -0.05) is 12.1 Å². The molecular formula is C11H14N2O. The second-order valence-electron chi connectivity index (χ2n) is 3.29. The van der Waals surface area contributed by atoms with Gasteiger partial charge >= 0.3 is 0 Å². The summed E-state index contributed by atoms with van der Waals surface area (Å²) in [6.45, 7) is 2.02. The standard InChI is InChI=1S/C11H14N2O/c14-9-10-2-1-3-11(8-10)13-6-4-12-5-7-13/h1-4,6,8,12,14H,5,7,9H2. The third kappa shape index (κ3) is 1.88. The van der Waals surface area contributed by atoms with Gasteiger partial charge in [-0.2, -0.15) is 0 Å². The molecule has 74 valence electrons. The summed E-state index contributed by atoms with van der Waals surface area (Å²) in [5, 5.41) is 12.2. The molecule has 3 nitrogen and oxygen atoms in total. The van der Waals surface area contributed by atoms with Crippen LogP contribution in [0.2, 0.25) is 0 Å². The van der Waals surface area contributed by atoms with Crippen LogP contribution < -0.4 is 10.2 Å². The lowest BCUT2D eigenvalue weighted by Crippen LogP contribution is -2.30. The molecule has 2 rings (SSSR count). The molecule has 0 aliphatic carbocycles. The molecule has 1 aliphatic heterocycles. The highest BCUT2D eigenvalue weighted by Gasteiger charge is 2.05. The Hall–Kier alpha value is -1.48. The van der Waals surface area contributed by atoms with Gasteiger partial charge in [0.05, 0.1) is 6.61 Å². The predicted molar refractivity (Wildman–Crippen MR) is 56.9 cm³/mol. The molecule has 0 atom stereocenters. The quantitative estimate of drug-likeness (QED) is 0.732. The molecule has 1 aliphatic rings. The van der Waals surface area contributed by atoms with E-state index in [1.807, 2.05) is 30.6 Å². The first-order valence-corrected chi connectivity index (χ1v) is 4.76. The summed E-state index contributed by atoms with van der Waals surface area (Å²) in [5.74, 6) is 0. The zero-order chi connectivity index (χ0) is 9.80. The molecule has 14 heavy (non-hydrogen) atoms. The van der Waals surface area contributed by atoms with E-state index in [-0.39, 0.29) is 6.61 Å². The average Bonchev–Trinajstić information content (AvgIpc) is 2.30. The van der Waals surface area contributed by atoms with Crippen molar-refractivity contribution in [3.05, 3.63) is 42.2 Å². The van der Waals surface area contributed by atoms with Crippen molar-refractivity contribution in [3.8, 4) is 0 Å². The van der Waals surface area contributed by atoms with Crippen LogP contribution in [0.1, 0.15) is 5.56 Å². The molecule has 3 heteroatoms. The van der Waals surface area contributed by atoms with E-state index >= 15 is 0 Å². The van der Waals surface area contributed by atoms with Crippen LogP contribution >= 0.6 is 0 Å². The summed E-state index contributed by atoms with van der Waals surface area (Å²) in [7, 11) is 0. The molecule has 0 amide bonds. The van der Waals surface area contributed by atoms with Gasteiger partial charge in [-0.05, 0) is 17.7 Å². The maximum Gasteiger partial charge on any atom is 0.0682 e. The normalized spacial score (nSPS) is 15.4. The first-order chi connectivity index (χ1) is 6.90. The number of aliphatic hydroxyl groups excluding tert-OH is 1. The summed E-state index contributed by atoms with van der Waals surface area (Å²) in [5.41, 5.74) is 2.09. The summed E-state index contributed by atoms with van der Waals surface area (Å²) >= 11 is 0. The van der Waals surface area contributed by atoms with E-state index in [4.69, 9.17) is 5.11 Å². The van der Waals surface area contributed by atoms with Crippen LogP contribution in [0.3, 0.4) is 0 Å². The molecule has 0 saturated carbocycles. The molecule has 0 fully saturated rings. The topological polar surface area (TPSA) is 35.5 Å². The van der Waals surface area contributed by atoms with Gasteiger partial charge in [-0.25, -0.2) is 0 Å². The van der Waals surface area contributed by atoms with E-state index in [1.54, 1.807) is 0 Å². The zero-order valence-electron chi connectivity index (χ0n) is 7.98. The summed E-state index contributed by atoms with van der Waals surface area (Å²) < 4.78 is 0. The lowest BCUT2D eigenvalue weighted by atomic mass is 10.2. The third-order valence-electron chi connectivity index (χ3n) is 2.29. The summed E-state index contributed by atoms with van der Waals surface area (Å²) in [4.78, 5) is 2.16. The largest absolute Gasteiger partial charge is 0.392 e. The smallest absolute Gasteiger partial charge is 0.0682 e. The Morgan fingerprint density at radius 2 is 2.36 bits per heavy atom. The number of aliphatic hydroxyl groups is 1. The Morgan fingerprint density at radius 3 is 3.07 bits per heavy atom. The highest BCUT2D eigenvalue weighted by Crippen LogP contribution is 2.17. The van der Waals surface area contributed by atoms with Crippen molar-refractivity contribution in [1.82, 2.24) is 5.32 Å². The minimum Gasteiger partial charge on any atom is -0.392 e. The zero-order valence-corrected chi connectivity index (χ0v) is 7.98. The number of rotatable bonds is 2. The SMILES string of the molecule is OCc1cccc(N2C=CNCC2)c1. The van der Waals surface area contributed by atoms with Gasteiger partial charge in [0.15, 0.2) is 0 Å². The Bertz CT molecular complexity index is 336. The predicted octanol–water partition coefficient (Wildman–Crippen LogP) is 1.06. The lowest BCUT2D eigenvalue weighted by molar-refractivity contribution is 0.282. The maximum atomic E-state index is 9.01. The second-order valence-corrected chi connectivity index (χ2v) is 3.29. The van der Waals surface area contributed by atoms with Crippen LogP contribution in [0, 0.1) is 0 Å². The Labute approximate surface area is 83.7 Å². The molecule has 0 bridgehead atoms. The van der Waals surface area contributed by atoms with E-state index in [1.165, 1.54) is 0 Å². The van der Waals surface area contributed by atoms with Gasteiger partial charge in [0.25, 0.3) is 0 Å². The lowest BCUT2D eigenvalue weighted by Gasteiger charge is -2.24. The van der Waals surface area contributed by atoms with Gasteiger partial charge in [-0.15, -0.1) is 0 Å². The van der Waals surface area contributed by atoms with Crippen LogP contribution in [-0.2, 0) is 6.61 Å². The number of benzene rings is 1. The van der Waals surface area contributed by atoms with Crippen LogP contribution in [0.15, 0.2) is 36.7 Å². The molecule has 1 aromatic rings. The van der Waals surface area contributed by atoms with Gasteiger partial charge in [0, 0.05) is 31.2 Å². The van der Waals surface area contributed by atoms with E-state index in [2.05, 4.69) is 16.3 Å². The minimum atomic E-state index is 0.101. The second kappa shape index (κ2) is 4.15. The fraction of sp³-hybridized carbons (Fsp3) is 0.273. The molecule has 0 spiro atoms. The van der Waals surface area contributed by atoms with E-state index in [0.29, 0.717) is 0 Å². The number of nitrogens with zero attached hydrogens (tertiary/aromatic N) is 1. The molecular weight excluding hydrogens is 176 g/mol. The maximum absolute atomic E-state index is 9.01. The minimum absolute atomic E-state index is 0.101. The van der Waals surface area contributed by atoms with Crippen molar-refractivity contribution in [2.24, 2.45) is 0 Å². The highest BCUT2D eigenvalue weighted by atomic mass is 16.3. The fourth-order valence-electron chi connectivity index (χ4n) is 1.53. The first-order valence-electron chi connectivity index (χ1n) is 4.76. The number of hydrogen-bond donors (Lipinski definition) is 2. The van der Waals surface area contributed by atoms with Crippen molar-refractivity contribution in [2.45, 2.75) is 6.61 Å². The molecule has 2 N–H and O–H groups in total. The Balaban J connectivity index is 2.22. The van der Waals surface area contributed by atoms with Crippen molar-refractivity contribution in [1.29, 1.82) is 0 Å². The number of hydrogen-bond acceptors (Lipinski definition) is 3. The number of nitrogens with one attached hydrogen (secondary N) is 1. The number of anilines is 1. The van der Waals surface area contributed by atoms with Crippen LogP contribution in [0.4, 0.5) is 5.69 Å². The van der Waals surface area contributed by atoms with E-state index < -0.39 is 0 Å². The molecule has 0 saturated heterocycles. The molecule has 0 aromatic heterocycles. The van der Waals surface area contributed by atoms with Crippen molar-refractivity contribution in [2.75, 3.05) is 18.0 Å². The average molecular weight is 190 g/mol. The van der Waals surface area contributed by atoms with Crippen molar-refractivity contribution in [3.63, 3.8) is 0 Å². The van der Waals surface area contributed by atoms with Crippen LogP contribution in [0.25, 0.3) is 0 Å². The third-order valence-corrected chi connectivity index (χ3v) is 2.29. The van der Waals surface area contributed by atoms with Gasteiger partial charge in [0.1, 0.15) is 0 Å². The molecule has 1 aromatic carbocycles. The molecule has 1 heterocycles. The Morgan fingerprint density at radius 1 is 1.43 bits per heavy atom. The van der Waals surface area contributed by atoms with E-state index in [0.717, 1.165) is 24.3 Å². The highest BCUT2D eigenvalue weighted by molar-refractivity contribution is 5.51. The molecule has 0 radical (unpaired) electrons. The van der Waals surface area contributed by atoms with Gasteiger partial charge in [-0.3, -0.25) is 0 Å². The summed E-state index contributed by atoms with van der Waals surface area (Å²) in [6.07, 6.45) is 3.95. The summed E-state index contributed by atoms with van der Waals surface area (Å²) in [6, 6.07) is 7.96. The first kappa shape index (κ1) is 9.09. The fourth-order valence-corrected chi connectivity index (χ4v) is 1.53.